The van der Waals surface area contributed by atoms with Crippen LogP contribution >= 0.6 is 15.6 Å². The normalized spacial score (nSPS) is 14.8. The molecule has 0 heterocycles. The number of phosphoric acid groups is 2. The van der Waals surface area contributed by atoms with Gasteiger partial charge in [0, 0.05) is 25.7 Å². The molecule has 0 aliphatic rings. The van der Waals surface area contributed by atoms with Gasteiger partial charge in [-0.15, -0.1) is 0 Å². The molecule has 0 saturated heterocycles. The van der Waals surface area contributed by atoms with E-state index in [4.69, 9.17) is 37.0 Å². The number of carbonyl (C=O) groups excluding carboxylic acids is 4. The summed E-state index contributed by atoms with van der Waals surface area (Å²) in [6.07, 6.45) is 45.8. The lowest BCUT2D eigenvalue weighted by Gasteiger charge is -2.21. The van der Waals surface area contributed by atoms with Crippen molar-refractivity contribution < 1.29 is 80.2 Å². The van der Waals surface area contributed by atoms with Gasteiger partial charge in [-0.1, -0.05) is 312 Å². The van der Waals surface area contributed by atoms with Crippen LogP contribution < -0.4 is 0 Å². The highest BCUT2D eigenvalue weighted by molar-refractivity contribution is 7.47. The number of unbranched alkanes of at least 4 members (excludes halogenated alkanes) is 34. The molecule has 0 aromatic rings. The van der Waals surface area contributed by atoms with E-state index in [1.807, 2.05) is 0 Å². The predicted molar refractivity (Wildman–Crippen MR) is 372 cm³/mol. The number of ether oxygens (including phenoxy) is 4. The van der Waals surface area contributed by atoms with Crippen molar-refractivity contribution in [3.8, 4) is 0 Å². The molecule has 0 saturated carbocycles. The van der Waals surface area contributed by atoms with E-state index in [1.54, 1.807) is 0 Å². The maximum absolute atomic E-state index is 13.0. The molecule has 0 rings (SSSR count). The molecule has 0 aromatic carbocycles. The second kappa shape index (κ2) is 62.6. The number of esters is 4. The fraction of sp³-hybridized carbons (Fsp3) is 0.945. The Morgan fingerprint density at radius 1 is 0.304 bits per heavy atom. The summed E-state index contributed by atoms with van der Waals surface area (Å²) < 4.78 is 68.4. The largest absolute Gasteiger partial charge is 0.472 e. The fourth-order valence-electron chi connectivity index (χ4n) is 11.0. The van der Waals surface area contributed by atoms with Crippen molar-refractivity contribution in [2.45, 2.75) is 382 Å². The lowest BCUT2D eigenvalue weighted by atomic mass is 9.99. The molecule has 7 atom stereocenters. The van der Waals surface area contributed by atoms with E-state index >= 15 is 0 Å². The minimum absolute atomic E-state index is 0.104. The van der Waals surface area contributed by atoms with Crippen LogP contribution in [-0.4, -0.2) is 96.7 Å². The van der Waals surface area contributed by atoms with E-state index in [-0.39, 0.29) is 25.7 Å². The van der Waals surface area contributed by atoms with Gasteiger partial charge in [-0.2, -0.15) is 0 Å². The van der Waals surface area contributed by atoms with Gasteiger partial charge >= 0.3 is 39.5 Å². The van der Waals surface area contributed by atoms with Gasteiger partial charge in [0.1, 0.15) is 19.3 Å². The van der Waals surface area contributed by atoms with Gasteiger partial charge in [0.2, 0.25) is 0 Å². The first-order valence-electron chi connectivity index (χ1n) is 37.8. The van der Waals surface area contributed by atoms with Crippen LogP contribution in [0.15, 0.2) is 0 Å². The Hall–Kier alpha value is -1.94. The second-order valence-corrected chi connectivity index (χ2v) is 30.7. The third-order valence-electron chi connectivity index (χ3n) is 17.5. The minimum atomic E-state index is -4.95. The van der Waals surface area contributed by atoms with Crippen LogP contribution in [0.5, 0.6) is 0 Å². The van der Waals surface area contributed by atoms with Gasteiger partial charge < -0.3 is 33.8 Å². The number of hydrogen-bond donors (Lipinski definition) is 3. The van der Waals surface area contributed by atoms with E-state index < -0.39 is 97.5 Å². The summed E-state index contributed by atoms with van der Waals surface area (Å²) in [6.45, 7) is 14.1. The van der Waals surface area contributed by atoms with Gasteiger partial charge in [0.25, 0.3) is 0 Å². The van der Waals surface area contributed by atoms with Crippen molar-refractivity contribution in [2.24, 2.45) is 23.7 Å². The van der Waals surface area contributed by atoms with Crippen LogP contribution in [0.2, 0.25) is 0 Å². The lowest BCUT2D eigenvalue weighted by Crippen LogP contribution is -2.30. The van der Waals surface area contributed by atoms with Gasteiger partial charge in [-0.05, 0) is 49.4 Å². The molecule has 0 aliphatic carbocycles. The molecule has 17 nitrogen and oxygen atoms in total. The lowest BCUT2D eigenvalue weighted by molar-refractivity contribution is -0.161. The molecular weight excluding hydrogens is 1210 g/mol. The zero-order valence-corrected chi connectivity index (χ0v) is 62.0. The van der Waals surface area contributed by atoms with Crippen molar-refractivity contribution in [2.75, 3.05) is 39.6 Å². The van der Waals surface area contributed by atoms with Crippen LogP contribution in [0.4, 0.5) is 0 Å². The Labute approximate surface area is 562 Å². The standard InChI is InChI=1S/C73H142O17P2/c1-9-65(7)51-43-35-27-20-15-13-11-12-14-16-22-29-39-47-55-72(77)89-69(60-84-71(76)54-46-38-32-31-36-44-52-66(8)10-2)62-88-92(81,82)86-58-67(74)57-85-91(79,80)87-61-68(90-73(78)56-48-40-30-24-23-26-34-42-50-64(5)6)59-83-70(75)53-45-37-28-21-18-17-19-25-33-41-49-63(3)4/h63-69,74H,9-62H2,1-8H3,(H,79,80)(H,81,82)/t65?,66?,67-,68-,69-/m1/s1. The zero-order chi connectivity index (χ0) is 68.2. The Morgan fingerprint density at radius 2 is 0.522 bits per heavy atom. The molecule has 3 N–H and O–H groups in total. The van der Waals surface area contributed by atoms with Crippen molar-refractivity contribution >= 4 is 39.5 Å². The Kier molecular flexibility index (Phi) is 61.3. The molecule has 4 unspecified atom stereocenters. The summed E-state index contributed by atoms with van der Waals surface area (Å²) in [5.41, 5.74) is 0. The van der Waals surface area contributed by atoms with Crippen molar-refractivity contribution in [1.29, 1.82) is 0 Å². The topological polar surface area (TPSA) is 237 Å². The Bertz CT molecular complexity index is 1820. The number of carbonyl (C=O) groups is 4. The maximum Gasteiger partial charge on any atom is 0.472 e. The number of aliphatic hydroxyl groups is 1. The number of rotatable bonds is 70. The monoisotopic (exact) mass is 1350 g/mol. The first-order valence-corrected chi connectivity index (χ1v) is 40.8. The summed E-state index contributed by atoms with van der Waals surface area (Å²) in [5.74, 6) is 0.926. The van der Waals surface area contributed by atoms with E-state index in [0.29, 0.717) is 25.7 Å². The summed E-state index contributed by atoms with van der Waals surface area (Å²) in [5, 5.41) is 10.6. The molecule has 0 aromatic heterocycles. The third-order valence-corrected chi connectivity index (χ3v) is 19.4. The Morgan fingerprint density at radius 3 is 0.772 bits per heavy atom. The molecular formula is C73H142O17P2. The number of phosphoric ester groups is 2. The summed E-state index contributed by atoms with van der Waals surface area (Å²) in [6, 6.07) is 0. The van der Waals surface area contributed by atoms with Crippen molar-refractivity contribution in [3.63, 3.8) is 0 Å². The van der Waals surface area contributed by atoms with Gasteiger partial charge in [0.05, 0.1) is 26.4 Å². The van der Waals surface area contributed by atoms with Gasteiger partial charge in [-0.3, -0.25) is 37.3 Å². The summed E-state index contributed by atoms with van der Waals surface area (Å²) in [7, 11) is -9.91. The highest BCUT2D eigenvalue weighted by Gasteiger charge is 2.30. The van der Waals surface area contributed by atoms with E-state index in [0.717, 1.165) is 120 Å². The highest BCUT2D eigenvalue weighted by Crippen LogP contribution is 2.45. The van der Waals surface area contributed by atoms with E-state index in [9.17, 15) is 43.2 Å². The quantitative estimate of drug-likeness (QED) is 0.0222. The number of hydrogen-bond acceptors (Lipinski definition) is 15. The van der Waals surface area contributed by atoms with Crippen LogP contribution in [0, 0.1) is 23.7 Å². The molecule has 19 heteroatoms. The molecule has 546 valence electrons. The third kappa shape index (κ3) is 64.1. The molecule has 0 aliphatic heterocycles. The average Bonchev–Trinajstić information content (AvgIpc) is 2.57. The highest BCUT2D eigenvalue weighted by atomic mass is 31.2. The molecule has 0 fully saturated rings. The molecule has 0 radical (unpaired) electrons. The van der Waals surface area contributed by atoms with Crippen LogP contribution in [-0.2, 0) is 65.4 Å². The first-order chi connectivity index (χ1) is 44.2. The van der Waals surface area contributed by atoms with E-state index in [2.05, 4.69) is 55.4 Å². The zero-order valence-electron chi connectivity index (χ0n) is 60.2. The van der Waals surface area contributed by atoms with Crippen LogP contribution in [0.3, 0.4) is 0 Å². The number of aliphatic hydroxyl groups excluding tert-OH is 1. The predicted octanol–water partition coefficient (Wildman–Crippen LogP) is 20.9. The van der Waals surface area contributed by atoms with Crippen LogP contribution in [0.1, 0.15) is 364 Å². The summed E-state index contributed by atoms with van der Waals surface area (Å²) in [4.78, 5) is 72.7. The first kappa shape index (κ1) is 90.1. The fourth-order valence-corrected chi connectivity index (χ4v) is 12.5. The molecule has 0 bridgehead atoms. The molecule has 0 spiro atoms. The maximum atomic E-state index is 13.0. The molecule has 0 amide bonds. The Balaban J connectivity index is 5.23. The van der Waals surface area contributed by atoms with Crippen molar-refractivity contribution in [3.05, 3.63) is 0 Å². The molecule has 92 heavy (non-hydrogen) atoms. The average molecular weight is 1350 g/mol. The SMILES string of the molecule is CCC(C)CCCCCCCCCCCCCCCCC(=O)O[C@H](COC(=O)CCCCCCCCC(C)CC)COP(=O)(O)OC[C@H](O)COP(=O)(O)OC[C@@H](COC(=O)CCCCCCCCCCCCC(C)C)OC(=O)CCCCCCCCCCC(C)C. The summed E-state index contributed by atoms with van der Waals surface area (Å²) >= 11 is 0. The smallest absolute Gasteiger partial charge is 0.462 e. The van der Waals surface area contributed by atoms with Gasteiger partial charge in [0.15, 0.2) is 12.2 Å². The minimum Gasteiger partial charge on any atom is -0.462 e. The van der Waals surface area contributed by atoms with E-state index in [1.165, 1.54) is 161 Å². The van der Waals surface area contributed by atoms with Gasteiger partial charge in [-0.25, -0.2) is 9.13 Å². The van der Waals surface area contributed by atoms with Crippen molar-refractivity contribution in [1.82, 2.24) is 0 Å². The second-order valence-electron chi connectivity index (χ2n) is 27.8. The van der Waals surface area contributed by atoms with Crippen LogP contribution in [0.25, 0.3) is 0 Å².